The third kappa shape index (κ3) is 7.21. The smallest absolute Gasteiger partial charge is 0.244 e. The van der Waals surface area contributed by atoms with Crippen LogP contribution in [0.3, 0.4) is 0 Å². The van der Waals surface area contributed by atoms with Crippen molar-refractivity contribution in [3.63, 3.8) is 0 Å². The van der Waals surface area contributed by atoms with Crippen molar-refractivity contribution in [1.29, 1.82) is 0 Å². The molecule has 0 saturated heterocycles. The van der Waals surface area contributed by atoms with Gasteiger partial charge in [0.15, 0.2) is 0 Å². The number of amides is 2. The third-order valence-corrected chi connectivity index (χ3v) is 7.13. The van der Waals surface area contributed by atoms with E-state index in [1.54, 1.807) is 25.1 Å². The molecule has 0 unspecified atom stereocenters. The van der Waals surface area contributed by atoms with Gasteiger partial charge in [-0.05, 0) is 49.9 Å². The number of aryl methyl sites for hydroxylation is 1. The van der Waals surface area contributed by atoms with Gasteiger partial charge in [-0.25, -0.2) is 8.42 Å². The summed E-state index contributed by atoms with van der Waals surface area (Å²) in [6, 6.07) is 11.9. The summed E-state index contributed by atoms with van der Waals surface area (Å²) in [5, 5.41) is 3.27. The van der Waals surface area contributed by atoms with Gasteiger partial charge in [-0.15, -0.1) is 0 Å². The highest BCUT2D eigenvalue weighted by molar-refractivity contribution is 7.92. The van der Waals surface area contributed by atoms with Gasteiger partial charge < -0.3 is 10.2 Å². The van der Waals surface area contributed by atoms with Crippen molar-refractivity contribution in [1.82, 2.24) is 10.2 Å². The zero-order chi connectivity index (χ0) is 25.5. The van der Waals surface area contributed by atoms with Crippen LogP contribution in [-0.4, -0.2) is 50.5 Å². The Morgan fingerprint density at radius 3 is 2.26 bits per heavy atom. The molecular formula is C25H34ClN3O4S. The van der Waals surface area contributed by atoms with Crippen LogP contribution in [0.15, 0.2) is 42.5 Å². The summed E-state index contributed by atoms with van der Waals surface area (Å²) < 4.78 is 26.4. The largest absolute Gasteiger partial charge is 0.354 e. The molecule has 2 aromatic carbocycles. The van der Waals surface area contributed by atoms with Gasteiger partial charge in [0.05, 0.1) is 11.9 Å². The van der Waals surface area contributed by atoms with Crippen LogP contribution < -0.4 is 9.62 Å². The van der Waals surface area contributed by atoms with Crippen molar-refractivity contribution in [2.24, 2.45) is 0 Å². The monoisotopic (exact) mass is 507 g/mol. The topological polar surface area (TPSA) is 86.8 Å². The van der Waals surface area contributed by atoms with E-state index in [1.165, 1.54) is 4.90 Å². The van der Waals surface area contributed by atoms with Gasteiger partial charge in [-0.2, -0.15) is 0 Å². The van der Waals surface area contributed by atoms with Crippen LogP contribution in [0.4, 0.5) is 5.69 Å². The average Bonchev–Trinajstić information content (AvgIpc) is 2.78. The molecule has 1 N–H and O–H groups in total. The van der Waals surface area contributed by atoms with Crippen LogP contribution in [0.5, 0.6) is 0 Å². The van der Waals surface area contributed by atoms with Crippen LogP contribution in [0.1, 0.15) is 43.4 Å². The summed E-state index contributed by atoms with van der Waals surface area (Å²) >= 11 is 6.22. The maximum Gasteiger partial charge on any atom is 0.244 e. The Morgan fingerprint density at radius 2 is 1.71 bits per heavy atom. The number of benzene rings is 2. The SMILES string of the molecule is CCCNC(=O)[C@@H](CC)N(Cc1ccc(C)cc1)C(=O)CN(c1cccc(Cl)c1C)S(C)(=O)=O. The van der Waals surface area contributed by atoms with E-state index in [9.17, 15) is 18.0 Å². The van der Waals surface area contributed by atoms with Gasteiger partial charge in [0.2, 0.25) is 21.8 Å². The van der Waals surface area contributed by atoms with Crippen LogP contribution in [-0.2, 0) is 26.2 Å². The molecule has 0 aliphatic carbocycles. The van der Waals surface area contributed by atoms with Crippen molar-refractivity contribution in [3.05, 3.63) is 64.2 Å². The summed E-state index contributed by atoms with van der Waals surface area (Å²) in [7, 11) is -3.80. The number of sulfonamides is 1. The second-order valence-electron chi connectivity index (χ2n) is 8.38. The number of anilines is 1. The van der Waals surface area contributed by atoms with Crippen molar-refractivity contribution in [3.8, 4) is 0 Å². The first-order valence-corrected chi connectivity index (χ1v) is 13.6. The van der Waals surface area contributed by atoms with Gasteiger partial charge in [-0.1, -0.05) is 61.3 Å². The minimum atomic E-state index is -3.80. The zero-order valence-corrected chi connectivity index (χ0v) is 22.0. The fourth-order valence-electron chi connectivity index (χ4n) is 3.64. The quantitative estimate of drug-likeness (QED) is 0.497. The predicted molar refractivity (Wildman–Crippen MR) is 137 cm³/mol. The molecule has 186 valence electrons. The maximum atomic E-state index is 13.6. The summed E-state index contributed by atoms with van der Waals surface area (Å²) in [4.78, 5) is 28.0. The molecule has 34 heavy (non-hydrogen) atoms. The lowest BCUT2D eigenvalue weighted by atomic mass is 10.1. The number of nitrogens with one attached hydrogen (secondary N) is 1. The van der Waals surface area contributed by atoms with Crippen molar-refractivity contribution < 1.29 is 18.0 Å². The minimum absolute atomic E-state index is 0.184. The first kappa shape index (κ1) is 27.7. The Kier molecular flexibility index (Phi) is 9.94. The van der Waals surface area contributed by atoms with E-state index in [4.69, 9.17) is 11.6 Å². The number of hydrogen-bond donors (Lipinski definition) is 1. The van der Waals surface area contributed by atoms with Gasteiger partial charge >= 0.3 is 0 Å². The molecule has 0 radical (unpaired) electrons. The highest BCUT2D eigenvalue weighted by Crippen LogP contribution is 2.28. The van der Waals surface area contributed by atoms with Crippen LogP contribution in [0, 0.1) is 13.8 Å². The molecule has 2 rings (SSSR count). The number of carbonyl (C=O) groups excluding carboxylic acids is 2. The fourth-order valence-corrected chi connectivity index (χ4v) is 4.71. The second-order valence-corrected chi connectivity index (χ2v) is 10.7. The van der Waals surface area contributed by atoms with E-state index in [0.717, 1.165) is 28.1 Å². The molecule has 0 spiro atoms. The molecule has 0 aliphatic rings. The lowest BCUT2D eigenvalue weighted by Crippen LogP contribution is -2.52. The Bertz CT molecular complexity index is 1100. The lowest BCUT2D eigenvalue weighted by molar-refractivity contribution is -0.140. The molecule has 0 heterocycles. The number of carbonyl (C=O) groups is 2. The van der Waals surface area contributed by atoms with Gasteiger partial charge in [0.1, 0.15) is 12.6 Å². The normalized spacial score (nSPS) is 12.2. The summed E-state index contributed by atoms with van der Waals surface area (Å²) in [6.07, 6.45) is 2.21. The van der Waals surface area contributed by atoms with E-state index in [-0.39, 0.29) is 12.5 Å². The summed E-state index contributed by atoms with van der Waals surface area (Å²) in [5.41, 5.74) is 2.82. The highest BCUT2D eigenvalue weighted by atomic mass is 35.5. The average molecular weight is 508 g/mol. The van der Waals surface area contributed by atoms with Crippen LogP contribution >= 0.6 is 11.6 Å². The maximum absolute atomic E-state index is 13.6. The van der Waals surface area contributed by atoms with Gasteiger partial charge in [0.25, 0.3) is 0 Å². The van der Waals surface area contributed by atoms with Gasteiger partial charge in [0, 0.05) is 18.1 Å². The number of rotatable bonds is 11. The van der Waals surface area contributed by atoms with E-state index < -0.39 is 28.5 Å². The number of hydrogen-bond acceptors (Lipinski definition) is 4. The molecule has 0 fully saturated rings. The van der Waals surface area contributed by atoms with Gasteiger partial charge in [-0.3, -0.25) is 13.9 Å². The van der Waals surface area contributed by atoms with Crippen molar-refractivity contribution in [2.45, 2.75) is 53.1 Å². The molecule has 9 heteroatoms. The Labute approximate surface area is 208 Å². The molecule has 2 aromatic rings. The second kappa shape index (κ2) is 12.2. The van der Waals surface area contributed by atoms with E-state index in [1.807, 2.05) is 45.0 Å². The molecule has 1 atom stereocenters. The van der Waals surface area contributed by atoms with Crippen LogP contribution in [0.2, 0.25) is 5.02 Å². The first-order chi connectivity index (χ1) is 16.0. The Hall–Kier alpha value is -2.58. The fraction of sp³-hybridized carbons (Fsp3) is 0.440. The third-order valence-electron chi connectivity index (χ3n) is 5.60. The predicted octanol–water partition coefficient (Wildman–Crippen LogP) is 4.06. The minimum Gasteiger partial charge on any atom is -0.354 e. The number of halogens is 1. The zero-order valence-electron chi connectivity index (χ0n) is 20.5. The molecule has 2 amide bonds. The molecular weight excluding hydrogens is 474 g/mol. The van der Waals surface area contributed by atoms with E-state index in [2.05, 4.69) is 5.32 Å². The lowest BCUT2D eigenvalue weighted by Gasteiger charge is -2.33. The molecule has 0 saturated carbocycles. The molecule has 7 nitrogen and oxygen atoms in total. The Morgan fingerprint density at radius 1 is 1.06 bits per heavy atom. The molecule has 0 bridgehead atoms. The van der Waals surface area contributed by atoms with E-state index in [0.29, 0.717) is 29.2 Å². The van der Waals surface area contributed by atoms with Crippen molar-refractivity contribution in [2.75, 3.05) is 23.7 Å². The Balaban J connectivity index is 2.46. The van der Waals surface area contributed by atoms with E-state index >= 15 is 0 Å². The standard InChI is InChI=1S/C25H34ClN3O4S/c1-6-15-27-25(31)22(7-2)28(16-20-13-11-18(3)12-14-20)24(30)17-29(34(5,32)33)23-10-8-9-21(26)19(23)4/h8-14,22H,6-7,15-17H2,1-5H3,(H,27,31)/t22-/m1/s1. The van der Waals surface area contributed by atoms with Crippen LogP contribution in [0.25, 0.3) is 0 Å². The molecule has 0 aliphatic heterocycles. The summed E-state index contributed by atoms with van der Waals surface area (Å²) in [6.45, 7) is 7.70. The summed E-state index contributed by atoms with van der Waals surface area (Å²) in [5.74, 6) is -0.724. The highest BCUT2D eigenvalue weighted by Gasteiger charge is 2.32. The number of nitrogens with zero attached hydrogens (tertiary/aromatic N) is 2. The first-order valence-electron chi connectivity index (χ1n) is 11.3. The molecule has 0 aromatic heterocycles. The van der Waals surface area contributed by atoms with Crippen molar-refractivity contribution >= 4 is 39.1 Å².